The van der Waals surface area contributed by atoms with Crippen LogP contribution < -0.4 is 4.72 Å². The van der Waals surface area contributed by atoms with Crippen LogP contribution in [0.2, 0.25) is 0 Å². The van der Waals surface area contributed by atoms with Crippen LogP contribution in [0, 0.1) is 19.8 Å². The van der Waals surface area contributed by atoms with Crippen LogP contribution in [0.15, 0.2) is 4.21 Å². The third-order valence-corrected chi connectivity index (χ3v) is 7.79. The molecule has 1 aromatic heterocycles. The Morgan fingerprint density at radius 1 is 1.38 bits per heavy atom. The van der Waals surface area contributed by atoms with Gasteiger partial charge in [0, 0.05) is 18.6 Å². The first-order chi connectivity index (χ1) is 11.2. The highest BCUT2D eigenvalue weighted by Gasteiger charge is 2.39. The summed E-state index contributed by atoms with van der Waals surface area (Å²) in [7, 11) is -3.54. The molecule has 0 unspecified atom stereocenters. The Morgan fingerprint density at radius 2 is 2.04 bits per heavy atom. The smallest absolute Gasteiger partial charge is 0.317 e. The van der Waals surface area contributed by atoms with Crippen molar-refractivity contribution in [2.45, 2.75) is 55.8 Å². The highest BCUT2D eigenvalue weighted by atomic mass is 32.2. The molecule has 24 heavy (non-hydrogen) atoms. The lowest BCUT2D eigenvalue weighted by molar-refractivity contribution is -0.139. The molecule has 0 aromatic carbocycles. The number of thiazole rings is 1. The summed E-state index contributed by atoms with van der Waals surface area (Å²) in [4.78, 5) is 17.2. The van der Waals surface area contributed by atoms with Crippen LogP contribution in [-0.2, 0) is 14.8 Å². The van der Waals surface area contributed by atoms with Gasteiger partial charge < -0.3 is 5.11 Å². The molecule has 2 fully saturated rings. The molecule has 0 bridgehead atoms. The van der Waals surface area contributed by atoms with Crippen molar-refractivity contribution in [3.63, 3.8) is 0 Å². The van der Waals surface area contributed by atoms with Crippen molar-refractivity contribution in [3.05, 3.63) is 10.7 Å². The second kappa shape index (κ2) is 6.70. The number of rotatable bonds is 8. The summed E-state index contributed by atoms with van der Waals surface area (Å²) in [5.41, 5.74) is 0.530. The lowest BCUT2D eigenvalue weighted by Crippen LogP contribution is -2.55. The SMILES string of the molecule is Cc1nc(C)c(S(=O)(=O)NC2CC(N(CC(=O)O)CC3CC3)C2)s1. The first-order valence-corrected chi connectivity index (χ1v) is 10.5. The number of nitrogens with zero attached hydrogens (tertiary/aromatic N) is 2. The van der Waals surface area contributed by atoms with E-state index in [-0.39, 0.29) is 22.8 Å². The van der Waals surface area contributed by atoms with Crippen molar-refractivity contribution in [1.29, 1.82) is 0 Å². The Kier molecular flexibility index (Phi) is 4.96. The van der Waals surface area contributed by atoms with Crippen molar-refractivity contribution in [2.24, 2.45) is 5.92 Å². The Hall–Kier alpha value is -1.03. The van der Waals surface area contributed by atoms with Gasteiger partial charge in [-0.25, -0.2) is 18.1 Å². The van der Waals surface area contributed by atoms with E-state index in [2.05, 4.69) is 9.71 Å². The van der Waals surface area contributed by atoms with Gasteiger partial charge in [-0.3, -0.25) is 9.69 Å². The van der Waals surface area contributed by atoms with E-state index in [1.54, 1.807) is 13.8 Å². The number of hydrogen-bond acceptors (Lipinski definition) is 6. The maximum Gasteiger partial charge on any atom is 0.317 e. The van der Waals surface area contributed by atoms with Gasteiger partial charge in [0.15, 0.2) is 4.21 Å². The summed E-state index contributed by atoms with van der Waals surface area (Å²) in [5, 5.41) is 9.79. The summed E-state index contributed by atoms with van der Waals surface area (Å²) < 4.78 is 27.9. The standard InChI is InChI=1S/C15H23N3O4S2/c1-9-15(23-10(2)16-9)24(21,22)17-12-5-13(6-12)18(8-14(19)20)7-11-3-4-11/h11-13,17H,3-8H2,1-2H3,(H,19,20). The monoisotopic (exact) mass is 373 g/mol. The molecule has 3 rings (SSSR count). The molecule has 7 nitrogen and oxygen atoms in total. The molecule has 1 aromatic rings. The number of carboxylic acids is 1. The molecule has 2 aliphatic rings. The highest BCUT2D eigenvalue weighted by Crippen LogP contribution is 2.34. The van der Waals surface area contributed by atoms with Gasteiger partial charge in [-0.15, -0.1) is 11.3 Å². The lowest BCUT2D eigenvalue weighted by Gasteiger charge is -2.42. The Morgan fingerprint density at radius 3 is 2.54 bits per heavy atom. The van der Waals surface area contributed by atoms with Crippen molar-refractivity contribution in [2.75, 3.05) is 13.1 Å². The fraction of sp³-hybridized carbons (Fsp3) is 0.733. The zero-order valence-electron chi connectivity index (χ0n) is 13.9. The molecule has 9 heteroatoms. The van der Waals surface area contributed by atoms with Crippen LogP contribution >= 0.6 is 11.3 Å². The molecule has 2 aliphatic carbocycles. The van der Waals surface area contributed by atoms with Crippen LogP contribution in [0.4, 0.5) is 0 Å². The first kappa shape index (κ1) is 17.8. The minimum absolute atomic E-state index is 0.0355. The molecular formula is C15H23N3O4S2. The fourth-order valence-corrected chi connectivity index (χ4v) is 5.93. The summed E-state index contributed by atoms with van der Waals surface area (Å²) in [6, 6.07) is 0.0241. The number of aryl methyl sites for hydroxylation is 2. The van der Waals surface area contributed by atoms with Gasteiger partial charge in [0.25, 0.3) is 10.0 Å². The number of aromatic nitrogens is 1. The normalized spacial score (nSPS) is 24.1. The van der Waals surface area contributed by atoms with Crippen LogP contribution in [0.5, 0.6) is 0 Å². The summed E-state index contributed by atoms with van der Waals surface area (Å²) in [6.07, 6.45) is 3.66. The zero-order valence-corrected chi connectivity index (χ0v) is 15.5. The van der Waals surface area contributed by atoms with Crippen molar-refractivity contribution >= 4 is 27.3 Å². The van der Waals surface area contributed by atoms with E-state index in [0.29, 0.717) is 24.5 Å². The van der Waals surface area contributed by atoms with E-state index in [4.69, 9.17) is 5.11 Å². The Labute approximate surface area is 146 Å². The Balaban J connectivity index is 1.57. The molecule has 1 heterocycles. The van der Waals surface area contributed by atoms with Gasteiger partial charge in [0.1, 0.15) is 0 Å². The topological polar surface area (TPSA) is 99.6 Å². The molecule has 2 N–H and O–H groups in total. The third-order valence-electron chi connectivity index (χ3n) is 4.58. The van der Waals surface area contributed by atoms with E-state index in [1.165, 1.54) is 24.2 Å². The molecular weight excluding hydrogens is 350 g/mol. The predicted molar refractivity (Wildman–Crippen MR) is 90.7 cm³/mol. The van der Waals surface area contributed by atoms with Crippen LogP contribution in [0.3, 0.4) is 0 Å². The lowest BCUT2D eigenvalue weighted by atomic mass is 9.86. The van der Waals surface area contributed by atoms with Gasteiger partial charge in [-0.05, 0) is 45.4 Å². The van der Waals surface area contributed by atoms with Crippen LogP contribution in [-0.4, -0.2) is 54.6 Å². The molecule has 0 saturated heterocycles. The van der Waals surface area contributed by atoms with Gasteiger partial charge >= 0.3 is 5.97 Å². The van der Waals surface area contributed by atoms with E-state index in [0.717, 1.165) is 11.6 Å². The fourth-order valence-electron chi connectivity index (χ4n) is 3.17. The largest absolute Gasteiger partial charge is 0.480 e. The minimum Gasteiger partial charge on any atom is -0.480 e. The van der Waals surface area contributed by atoms with E-state index in [9.17, 15) is 13.2 Å². The van der Waals surface area contributed by atoms with Gasteiger partial charge in [0.05, 0.1) is 17.2 Å². The average Bonchev–Trinajstić information content (AvgIpc) is 3.15. The minimum atomic E-state index is -3.54. The molecule has 0 spiro atoms. The summed E-state index contributed by atoms with van der Waals surface area (Å²) >= 11 is 1.18. The predicted octanol–water partition coefficient (Wildman–Crippen LogP) is 1.37. The third kappa shape index (κ3) is 4.14. The summed E-state index contributed by atoms with van der Waals surface area (Å²) in [6.45, 7) is 4.33. The highest BCUT2D eigenvalue weighted by molar-refractivity contribution is 7.91. The van der Waals surface area contributed by atoms with Crippen molar-refractivity contribution in [1.82, 2.24) is 14.6 Å². The molecule has 0 amide bonds. The molecule has 134 valence electrons. The van der Waals surface area contributed by atoms with Crippen molar-refractivity contribution < 1.29 is 18.3 Å². The van der Waals surface area contributed by atoms with Crippen LogP contribution in [0.1, 0.15) is 36.4 Å². The molecule has 2 saturated carbocycles. The number of hydrogen-bond donors (Lipinski definition) is 2. The van der Waals surface area contributed by atoms with E-state index < -0.39 is 16.0 Å². The number of nitrogens with one attached hydrogen (secondary N) is 1. The number of carboxylic acid groups (broad SMARTS) is 1. The Bertz CT molecular complexity index is 721. The maximum absolute atomic E-state index is 12.5. The van der Waals surface area contributed by atoms with Gasteiger partial charge in [-0.1, -0.05) is 0 Å². The molecule has 0 atom stereocenters. The van der Waals surface area contributed by atoms with Gasteiger partial charge in [0.2, 0.25) is 0 Å². The number of sulfonamides is 1. The molecule has 0 radical (unpaired) electrons. The number of carbonyl (C=O) groups is 1. The molecule has 0 aliphatic heterocycles. The second-order valence-corrected chi connectivity index (χ2v) is 9.93. The summed E-state index contributed by atoms with van der Waals surface area (Å²) in [5.74, 6) is -0.210. The second-order valence-electron chi connectivity index (χ2n) is 6.82. The van der Waals surface area contributed by atoms with Gasteiger partial charge in [-0.2, -0.15) is 0 Å². The average molecular weight is 374 g/mol. The van der Waals surface area contributed by atoms with E-state index in [1.807, 2.05) is 4.90 Å². The van der Waals surface area contributed by atoms with Crippen molar-refractivity contribution in [3.8, 4) is 0 Å². The maximum atomic E-state index is 12.5. The first-order valence-electron chi connectivity index (χ1n) is 8.17. The number of aliphatic carboxylic acids is 1. The zero-order chi connectivity index (χ0) is 17.5. The quantitative estimate of drug-likeness (QED) is 0.714. The van der Waals surface area contributed by atoms with Crippen LogP contribution in [0.25, 0.3) is 0 Å². The van der Waals surface area contributed by atoms with E-state index >= 15 is 0 Å².